The van der Waals surface area contributed by atoms with Gasteiger partial charge in [0.1, 0.15) is 0 Å². The van der Waals surface area contributed by atoms with Gasteiger partial charge in [-0.2, -0.15) is 0 Å². The minimum absolute atomic E-state index is 0.296. The molecule has 1 aromatic carbocycles. The van der Waals surface area contributed by atoms with E-state index in [0.717, 1.165) is 0 Å². The summed E-state index contributed by atoms with van der Waals surface area (Å²) in [5.74, 6) is 0.652. The first-order valence-corrected chi connectivity index (χ1v) is 7.02. The fraction of sp³-hybridized carbons (Fsp3) is 0.600. The van der Waals surface area contributed by atoms with E-state index in [1.165, 1.54) is 18.4 Å². The number of hydrogen-bond donors (Lipinski definition) is 0. The molecule has 0 bridgehead atoms. The molecule has 0 N–H and O–H groups in total. The summed E-state index contributed by atoms with van der Waals surface area (Å²) in [6.07, 6.45) is 2.52. The zero-order valence-electron chi connectivity index (χ0n) is 11.0. The standard InChI is InChI=1S/C15H20Cl2/c1-10(2)14(3,4)15(7-8-15)11-5-6-12(16)13(17)9-11/h5-6,9-10H,7-8H2,1-4H3. The van der Waals surface area contributed by atoms with Crippen LogP contribution in [0.3, 0.4) is 0 Å². The van der Waals surface area contributed by atoms with Crippen molar-refractivity contribution in [2.45, 2.75) is 46.0 Å². The van der Waals surface area contributed by atoms with E-state index in [1.807, 2.05) is 6.07 Å². The van der Waals surface area contributed by atoms with Crippen molar-refractivity contribution in [1.29, 1.82) is 0 Å². The van der Waals surface area contributed by atoms with Crippen LogP contribution in [-0.2, 0) is 5.41 Å². The highest BCUT2D eigenvalue weighted by Crippen LogP contribution is 2.62. The molecule has 2 rings (SSSR count). The second-order valence-corrected chi connectivity index (χ2v) is 6.90. The third-order valence-corrected chi connectivity index (χ3v) is 5.64. The fourth-order valence-electron chi connectivity index (χ4n) is 2.78. The zero-order valence-corrected chi connectivity index (χ0v) is 12.5. The molecule has 0 unspecified atom stereocenters. The van der Waals surface area contributed by atoms with Gasteiger partial charge in [-0.15, -0.1) is 0 Å². The highest BCUT2D eigenvalue weighted by Gasteiger charge is 2.56. The molecule has 94 valence electrons. The highest BCUT2D eigenvalue weighted by atomic mass is 35.5. The third kappa shape index (κ3) is 2.00. The second-order valence-electron chi connectivity index (χ2n) is 6.09. The first-order valence-electron chi connectivity index (χ1n) is 6.27. The molecular weight excluding hydrogens is 251 g/mol. The van der Waals surface area contributed by atoms with E-state index in [2.05, 4.69) is 39.8 Å². The van der Waals surface area contributed by atoms with Gasteiger partial charge in [0.25, 0.3) is 0 Å². The first kappa shape index (κ1) is 13.2. The fourth-order valence-corrected chi connectivity index (χ4v) is 3.07. The molecule has 0 aromatic heterocycles. The van der Waals surface area contributed by atoms with Crippen molar-refractivity contribution in [2.24, 2.45) is 11.3 Å². The summed E-state index contributed by atoms with van der Waals surface area (Å²) in [5.41, 5.74) is 1.95. The molecule has 0 nitrogen and oxygen atoms in total. The maximum atomic E-state index is 6.15. The molecule has 1 fully saturated rings. The average molecular weight is 271 g/mol. The van der Waals surface area contributed by atoms with Gasteiger partial charge in [-0.1, -0.05) is 57.0 Å². The summed E-state index contributed by atoms with van der Waals surface area (Å²) in [4.78, 5) is 0. The van der Waals surface area contributed by atoms with Gasteiger partial charge in [0.15, 0.2) is 0 Å². The summed E-state index contributed by atoms with van der Waals surface area (Å²) in [7, 11) is 0. The Hall–Kier alpha value is -0.200. The lowest BCUT2D eigenvalue weighted by Crippen LogP contribution is -2.34. The van der Waals surface area contributed by atoms with Crippen LogP contribution in [0.5, 0.6) is 0 Å². The number of hydrogen-bond acceptors (Lipinski definition) is 0. The van der Waals surface area contributed by atoms with Crippen molar-refractivity contribution in [1.82, 2.24) is 0 Å². The lowest BCUT2D eigenvalue weighted by molar-refractivity contribution is 0.175. The van der Waals surface area contributed by atoms with E-state index < -0.39 is 0 Å². The molecule has 1 saturated carbocycles. The van der Waals surface area contributed by atoms with Crippen molar-refractivity contribution in [3.63, 3.8) is 0 Å². The highest BCUT2D eigenvalue weighted by molar-refractivity contribution is 6.42. The summed E-state index contributed by atoms with van der Waals surface area (Å²) < 4.78 is 0. The second kappa shape index (κ2) is 4.17. The lowest BCUT2D eigenvalue weighted by atomic mass is 9.65. The first-order chi connectivity index (χ1) is 7.81. The zero-order chi connectivity index (χ0) is 12.8. The monoisotopic (exact) mass is 270 g/mol. The van der Waals surface area contributed by atoms with Crippen molar-refractivity contribution in [2.75, 3.05) is 0 Å². The van der Waals surface area contributed by atoms with Crippen molar-refractivity contribution < 1.29 is 0 Å². The molecule has 0 spiro atoms. The Kier molecular flexibility index (Phi) is 3.25. The van der Waals surface area contributed by atoms with Gasteiger partial charge in [0.05, 0.1) is 10.0 Å². The summed E-state index contributed by atoms with van der Waals surface area (Å²) in [5, 5.41) is 1.32. The van der Waals surface area contributed by atoms with Crippen molar-refractivity contribution in [3.05, 3.63) is 33.8 Å². The molecule has 17 heavy (non-hydrogen) atoms. The minimum Gasteiger partial charge on any atom is -0.0827 e. The normalized spacial score (nSPS) is 18.5. The summed E-state index contributed by atoms with van der Waals surface area (Å²) >= 11 is 12.1. The Morgan fingerprint density at radius 1 is 1.12 bits per heavy atom. The molecule has 0 saturated heterocycles. The molecule has 1 aromatic rings. The van der Waals surface area contributed by atoms with E-state index >= 15 is 0 Å². The lowest BCUT2D eigenvalue weighted by Gasteiger charge is -2.39. The van der Waals surface area contributed by atoms with Crippen molar-refractivity contribution >= 4 is 23.2 Å². The van der Waals surface area contributed by atoms with E-state index in [1.54, 1.807) is 0 Å². The third-order valence-electron chi connectivity index (χ3n) is 4.90. The van der Waals surface area contributed by atoms with Crippen LogP contribution in [0, 0.1) is 11.3 Å². The predicted molar refractivity (Wildman–Crippen MR) is 76.0 cm³/mol. The molecular formula is C15H20Cl2. The van der Waals surface area contributed by atoms with Crippen LogP contribution in [0.15, 0.2) is 18.2 Å². The number of benzene rings is 1. The topological polar surface area (TPSA) is 0 Å². The SMILES string of the molecule is CC(C)C(C)(C)C1(c2ccc(Cl)c(Cl)c2)CC1. The van der Waals surface area contributed by atoms with Crippen LogP contribution in [-0.4, -0.2) is 0 Å². The molecule has 2 heteroatoms. The number of halogens is 2. The van der Waals surface area contributed by atoms with Gasteiger partial charge in [0, 0.05) is 5.41 Å². The Balaban J connectivity index is 2.42. The maximum absolute atomic E-state index is 6.15. The van der Waals surface area contributed by atoms with Crippen LogP contribution < -0.4 is 0 Å². The molecule has 0 aliphatic heterocycles. The Labute approximate surface area is 114 Å². The predicted octanol–water partition coefficient (Wildman–Crippen LogP) is 5.71. The van der Waals surface area contributed by atoms with Gasteiger partial charge in [-0.05, 0) is 41.9 Å². The van der Waals surface area contributed by atoms with Gasteiger partial charge in [-0.3, -0.25) is 0 Å². The van der Waals surface area contributed by atoms with E-state index in [0.29, 0.717) is 26.8 Å². The average Bonchev–Trinajstić information content (AvgIpc) is 3.03. The largest absolute Gasteiger partial charge is 0.0827 e. The molecule has 1 aliphatic carbocycles. The minimum atomic E-state index is 0.296. The van der Waals surface area contributed by atoms with Crippen LogP contribution in [0.4, 0.5) is 0 Å². The summed E-state index contributed by atoms with van der Waals surface area (Å²) in [6, 6.07) is 6.13. The smallest absolute Gasteiger partial charge is 0.0595 e. The van der Waals surface area contributed by atoms with Gasteiger partial charge in [0.2, 0.25) is 0 Å². The summed E-state index contributed by atoms with van der Waals surface area (Å²) in [6.45, 7) is 9.34. The van der Waals surface area contributed by atoms with Crippen LogP contribution in [0.25, 0.3) is 0 Å². The van der Waals surface area contributed by atoms with E-state index in [4.69, 9.17) is 23.2 Å². The maximum Gasteiger partial charge on any atom is 0.0595 e. The quantitative estimate of drug-likeness (QED) is 0.660. The van der Waals surface area contributed by atoms with Crippen LogP contribution in [0.1, 0.15) is 46.1 Å². The van der Waals surface area contributed by atoms with Gasteiger partial charge < -0.3 is 0 Å². The molecule has 1 aliphatic rings. The molecule has 0 heterocycles. The molecule has 0 amide bonds. The van der Waals surface area contributed by atoms with Crippen LogP contribution in [0.2, 0.25) is 10.0 Å². The van der Waals surface area contributed by atoms with E-state index in [9.17, 15) is 0 Å². The van der Waals surface area contributed by atoms with Crippen molar-refractivity contribution in [3.8, 4) is 0 Å². The molecule has 0 atom stereocenters. The Morgan fingerprint density at radius 3 is 2.12 bits per heavy atom. The number of rotatable bonds is 3. The van der Waals surface area contributed by atoms with Gasteiger partial charge >= 0.3 is 0 Å². The Bertz CT molecular complexity index is 429. The van der Waals surface area contributed by atoms with Gasteiger partial charge in [-0.25, -0.2) is 0 Å². The van der Waals surface area contributed by atoms with E-state index in [-0.39, 0.29) is 0 Å². The molecule has 0 radical (unpaired) electrons. The Morgan fingerprint density at radius 2 is 1.71 bits per heavy atom. The van der Waals surface area contributed by atoms with Crippen LogP contribution >= 0.6 is 23.2 Å².